The van der Waals surface area contributed by atoms with Gasteiger partial charge in [0.2, 0.25) is 0 Å². The van der Waals surface area contributed by atoms with Gasteiger partial charge in [-0.25, -0.2) is 4.39 Å². The lowest BCUT2D eigenvalue weighted by Gasteiger charge is -2.16. The fourth-order valence-corrected chi connectivity index (χ4v) is 2.23. The van der Waals surface area contributed by atoms with Crippen LogP contribution in [0.3, 0.4) is 0 Å². The summed E-state index contributed by atoms with van der Waals surface area (Å²) in [7, 11) is 0. The third kappa shape index (κ3) is 3.17. The average molecular weight is 273 g/mol. The highest BCUT2D eigenvalue weighted by atomic mass is 19.1. The molecule has 0 fully saturated rings. The molecule has 106 valence electrons. The summed E-state index contributed by atoms with van der Waals surface area (Å²) in [5.41, 5.74) is 10.1. The zero-order chi connectivity index (χ0) is 14.7. The maximum atomic E-state index is 13.3. The monoisotopic (exact) mass is 273 g/mol. The second-order valence-electron chi connectivity index (χ2n) is 5.13. The van der Waals surface area contributed by atoms with Crippen LogP contribution in [-0.2, 0) is 6.61 Å². The maximum Gasteiger partial charge on any atom is 0.124 e. The van der Waals surface area contributed by atoms with Crippen molar-refractivity contribution in [3.05, 3.63) is 64.5 Å². The van der Waals surface area contributed by atoms with Crippen LogP contribution < -0.4 is 10.5 Å². The van der Waals surface area contributed by atoms with E-state index >= 15 is 0 Å². The molecule has 0 saturated heterocycles. The number of benzene rings is 2. The summed E-state index contributed by atoms with van der Waals surface area (Å²) in [4.78, 5) is 0. The van der Waals surface area contributed by atoms with Crippen LogP contribution in [0.4, 0.5) is 4.39 Å². The molecule has 20 heavy (non-hydrogen) atoms. The molecule has 3 heteroatoms. The predicted molar refractivity (Wildman–Crippen MR) is 79.3 cm³/mol. The predicted octanol–water partition coefficient (Wildman–Crippen LogP) is 4.04. The van der Waals surface area contributed by atoms with Crippen LogP contribution in [0.1, 0.15) is 35.2 Å². The summed E-state index contributed by atoms with van der Waals surface area (Å²) in [5, 5.41) is 0. The molecule has 0 aliphatic heterocycles. The van der Waals surface area contributed by atoms with Crippen molar-refractivity contribution in [2.24, 2.45) is 5.73 Å². The Hall–Kier alpha value is -1.87. The van der Waals surface area contributed by atoms with E-state index in [0.717, 1.165) is 5.56 Å². The topological polar surface area (TPSA) is 35.2 Å². The van der Waals surface area contributed by atoms with E-state index in [1.54, 1.807) is 6.07 Å². The SMILES string of the molecule is Cc1cccc(C)c1COc1ccc(F)cc1[C@@H](C)N. The van der Waals surface area contributed by atoms with Crippen LogP contribution in [0, 0.1) is 19.7 Å². The fourth-order valence-electron chi connectivity index (χ4n) is 2.23. The quantitative estimate of drug-likeness (QED) is 0.912. The van der Waals surface area contributed by atoms with E-state index in [9.17, 15) is 4.39 Å². The molecule has 1 atom stereocenters. The zero-order valence-corrected chi connectivity index (χ0v) is 12.1. The van der Waals surface area contributed by atoms with E-state index < -0.39 is 0 Å². The molecule has 0 unspecified atom stereocenters. The molecule has 0 heterocycles. The second-order valence-corrected chi connectivity index (χ2v) is 5.13. The van der Waals surface area contributed by atoms with Crippen LogP contribution in [-0.4, -0.2) is 0 Å². The van der Waals surface area contributed by atoms with Crippen molar-refractivity contribution in [2.45, 2.75) is 33.4 Å². The van der Waals surface area contributed by atoms with Gasteiger partial charge < -0.3 is 10.5 Å². The number of hydrogen-bond acceptors (Lipinski definition) is 2. The van der Waals surface area contributed by atoms with Gasteiger partial charge in [0.1, 0.15) is 18.2 Å². The molecule has 2 rings (SSSR count). The van der Waals surface area contributed by atoms with Crippen molar-refractivity contribution in [3.63, 3.8) is 0 Å². The second kappa shape index (κ2) is 6.06. The Morgan fingerprint density at radius 1 is 1.15 bits per heavy atom. The van der Waals surface area contributed by atoms with Crippen LogP contribution >= 0.6 is 0 Å². The number of nitrogens with two attached hydrogens (primary N) is 1. The summed E-state index contributed by atoms with van der Waals surface area (Å²) in [6.07, 6.45) is 0. The number of aryl methyl sites for hydroxylation is 2. The molecule has 0 aliphatic carbocycles. The fraction of sp³-hybridized carbons (Fsp3) is 0.294. The molecule has 2 nitrogen and oxygen atoms in total. The van der Waals surface area contributed by atoms with E-state index in [4.69, 9.17) is 10.5 Å². The summed E-state index contributed by atoms with van der Waals surface area (Å²) in [6, 6.07) is 10.3. The lowest BCUT2D eigenvalue weighted by molar-refractivity contribution is 0.299. The van der Waals surface area contributed by atoms with Crippen molar-refractivity contribution < 1.29 is 9.13 Å². The Morgan fingerprint density at radius 2 is 1.80 bits per heavy atom. The number of halogens is 1. The highest BCUT2D eigenvalue weighted by Gasteiger charge is 2.11. The van der Waals surface area contributed by atoms with Gasteiger partial charge in [-0.2, -0.15) is 0 Å². The Morgan fingerprint density at radius 3 is 2.40 bits per heavy atom. The zero-order valence-electron chi connectivity index (χ0n) is 12.1. The minimum atomic E-state index is -0.295. The van der Waals surface area contributed by atoms with Gasteiger partial charge in [-0.1, -0.05) is 18.2 Å². The highest BCUT2D eigenvalue weighted by molar-refractivity contribution is 5.38. The standard InChI is InChI=1S/C17H20FNO/c1-11-5-4-6-12(2)16(11)10-20-17-8-7-14(18)9-15(17)13(3)19/h4-9,13H,10,19H2,1-3H3/t13-/m1/s1. The minimum Gasteiger partial charge on any atom is -0.489 e. The summed E-state index contributed by atoms with van der Waals surface area (Å²) < 4.78 is 19.1. The molecule has 2 aromatic rings. The number of ether oxygens (including phenoxy) is 1. The van der Waals surface area contributed by atoms with E-state index in [1.807, 2.05) is 13.0 Å². The van der Waals surface area contributed by atoms with Crippen molar-refractivity contribution in [1.82, 2.24) is 0 Å². The van der Waals surface area contributed by atoms with Gasteiger partial charge in [-0.05, 0) is 55.7 Å². The maximum absolute atomic E-state index is 13.3. The summed E-state index contributed by atoms with van der Waals surface area (Å²) >= 11 is 0. The Bertz CT molecular complexity index is 588. The smallest absolute Gasteiger partial charge is 0.124 e. The highest BCUT2D eigenvalue weighted by Crippen LogP contribution is 2.26. The van der Waals surface area contributed by atoms with Gasteiger partial charge >= 0.3 is 0 Å². The first kappa shape index (κ1) is 14.5. The van der Waals surface area contributed by atoms with Gasteiger partial charge in [0.25, 0.3) is 0 Å². The van der Waals surface area contributed by atoms with E-state index in [2.05, 4.69) is 26.0 Å². The van der Waals surface area contributed by atoms with E-state index in [1.165, 1.54) is 23.3 Å². The largest absolute Gasteiger partial charge is 0.489 e. The third-order valence-corrected chi connectivity index (χ3v) is 3.48. The normalized spacial score (nSPS) is 12.2. The lowest BCUT2D eigenvalue weighted by Crippen LogP contribution is -2.09. The summed E-state index contributed by atoms with van der Waals surface area (Å²) in [5.74, 6) is 0.348. The average Bonchev–Trinajstić information content (AvgIpc) is 2.39. The first-order chi connectivity index (χ1) is 9.49. The Balaban J connectivity index is 2.23. The van der Waals surface area contributed by atoms with Gasteiger partial charge in [-0.15, -0.1) is 0 Å². The van der Waals surface area contributed by atoms with E-state index in [-0.39, 0.29) is 11.9 Å². The van der Waals surface area contributed by atoms with Crippen molar-refractivity contribution in [3.8, 4) is 5.75 Å². The molecule has 0 spiro atoms. The molecule has 0 radical (unpaired) electrons. The number of rotatable bonds is 4. The molecule has 2 aromatic carbocycles. The van der Waals surface area contributed by atoms with Crippen LogP contribution in [0.25, 0.3) is 0 Å². The lowest BCUT2D eigenvalue weighted by atomic mass is 10.0. The van der Waals surface area contributed by atoms with Crippen molar-refractivity contribution in [2.75, 3.05) is 0 Å². The van der Waals surface area contributed by atoms with Crippen molar-refractivity contribution >= 4 is 0 Å². The van der Waals surface area contributed by atoms with Gasteiger partial charge in [0, 0.05) is 11.6 Å². The molecular weight excluding hydrogens is 253 g/mol. The Kier molecular flexibility index (Phi) is 4.40. The first-order valence-electron chi connectivity index (χ1n) is 6.72. The molecule has 2 N–H and O–H groups in total. The molecule has 0 bridgehead atoms. The minimum absolute atomic E-state index is 0.265. The van der Waals surface area contributed by atoms with Crippen LogP contribution in [0.5, 0.6) is 5.75 Å². The van der Waals surface area contributed by atoms with Gasteiger partial charge in [0.15, 0.2) is 0 Å². The Labute approximate surface area is 119 Å². The molecule has 0 amide bonds. The summed E-state index contributed by atoms with van der Waals surface area (Å²) in [6.45, 7) is 6.40. The first-order valence-corrected chi connectivity index (χ1v) is 6.72. The molecule has 0 aliphatic rings. The van der Waals surface area contributed by atoms with E-state index in [0.29, 0.717) is 17.9 Å². The number of hydrogen-bond donors (Lipinski definition) is 1. The van der Waals surface area contributed by atoms with Gasteiger partial charge in [0.05, 0.1) is 0 Å². The van der Waals surface area contributed by atoms with Crippen LogP contribution in [0.15, 0.2) is 36.4 Å². The van der Waals surface area contributed by atoms with Crippen LogP contribution in [0.2, 0.25) is 0 Å². The molecule has 0 aromatic heterocycles. The van der Waals surface area contributed by atoms with Gasteiger partial charge in [-0.3, -0.25) is 0 Å². The molecular formula is C17H20FNO. The third-order valence-electron chi connectivity index (χ3n) is 3.48. The van der Waals surface area contributed by atoms with Crippen molar-refractivity contribution in [1.29, 1.82) is 0 Å². The molecule has 0 saturated carbocycles.